The van der Waals surface area contributed by atoms with Crippen molar-refractivity contribution in [2.75, 3.05) is 26.2 Å². The first-order valence-corrected chi connectivity index (χ1v) is 8.39. The zero-order valence-electron chi connectivity index (χ0n) is 13.8. The van der Waals surface area contributed by atoms with Gasteiger partial charge in [0.05, 0.1) is 12.3 Å². The molecule has 0 saturated carbocycles. The quantitative estimate of drug-likeness (QED) is 0.361. The molecule has 2 rings (SSSR count). The first kappa shape index (κ1) is 16.8. The molecule has 0 unspecified atom stereocenters. The third-order valence-electron chi connectivity index (χ3n) is 4.41. The number of hydrogen-bond acceptors (Lipinski definition) is 4. The number of hydrogen-bond donors (Lipinski definition) is 1. The van der Waals surface area contributed by atoms with Gasteiger partial charge in [0.1, 0.15) is 5.75 Å². The standard InChI is InChI=1S/C18H28N2O2/c1-3-18(19-21)16-5-7-17(8-6-16)22-14-4-11-20-12-9-15(2)10-13-20/h5-8,15,21H,3-4,9-14H2,1-2H3. The number of benzene rings is 1. The summed E-state index contributed by atoms with van der Waals surface area (Å²) in [5.74, 6) is 1.77. The maximum Gasteiger partial charge on any atom is 0.119 e. The van der Waals surface area contributed by atoms with Gasteiger partial charge >= 0.3 is 0 Å². The molecule has 1 aliphatic heterocycles. The van der Waals surface area contributed by atoms with Gasteiger partial charge in [0, 0.05) is 6.54 Å². The fraction of sp³-hybridized carbons (Fsp3) is 0.611. The highest BCUT2D eigenvalue weighted by Gasteiger charge is 2.14. The van der Waals surface area contributed by atoms with Crippen LogP contribution in [0.3, 0.4) is 0 Å². The van der Waals surface area contributed by atoms with E-state index in [-0.39, 0.29) is 0 Å². The maximum absolute atomic E-state index is 8.91. The largest absolute Gasteiger partial charge is 0.494 e. The molecule has 1 aromatic rings. The second kappa shape index (κ2) is 8.79. The molecule has 1 fully saturated rings. The van der Waals surface area contributed by atoms with Crippen LogP contribution in [0.1, 0.15) is 45.1 Å². The highest BCUT2D eigenvalue weighted by molar-refractivity contribution is 6.00. The van der Waals surface area contributed by atoms with Crippen LogP contribution in [0.15, 0.2) is 29.4 Å². The van der Waals surface area contributed by atoms with Crippen molar-refractivity contribution in [1.82, 2.24) is 4.90 Å². The molecule has 1 saturated heterocycles. The molecule has 22 heavy (non-hydrogen) atoms. The molecule has 0 radical (unpaired) electrons. The second-order valence-electron chi connectivity index (χ2n) is 6.15. The molecule has 0 aromatic heterocycles. The Kier molecular flexibility index (Phi) is 6.72. The summed E-state index contributed by atoms with van der Waals surface area (Å²) in [4.78, 5) is 2.54. The van der Waals surface area contributed by atoms with Crippen molar-refractivity contribution in [2.45, 2.75) is 39.5 Å². The number of ether oxygens (including phenoxy) is 1. The molecule has 0 amide bonds. The van der Waals surface area contributed by atoms with E-state index in [1.807, 2.05) is 31.2 Å². The van der Waals surface area contributed by atoms with Gasteiger partial charge in [-0.25, -0.2) is 0 Å². The predicted octanol–water partition coefficient (Wildman–Crippen LogP) is 3.78. The van der Waals surface area contributed by atoms with Gasteiger partial charge in [-0.2, -0.15) is 0 Å². The minimum Gasteiger partial charge on any atom is -0.494 e. The van der Waals surface area contributed by atoms with Crippen molar-refractivity contribution < 1.29 is 9.94 Å². The molecule has 122 valence electrons. The number of oxime groups is 1. The van der Waals surface area contributed by atoms with Crippen molar-refractivity contribution in [3.8, 4) is 5.75 Å². The summed E-state index contributed by atoms with van der Waals surface area (Å²) in [5.41, 5.74) is 1.64. The van der Waals surface area contributed by atoms with Crippen molar-refractivity contribution in [1.29, 1.82) is 0 Å². The van der Waals surface area contributed by atoms with E-state index in [2.05, 4.69) is 17.0 Å². The number of likely N-dealkylation sites (tertiary alicyclic amines) is 1. The molecule has 0 atom stereocenters. The summed E-state index contributed by atoms with van der Waals surface area (Å²) in [6.07, 6.45) is 4.43. The van der Waals surface area contributed by atoms with Crippen LogP contribution < -0.4 is 4.74 Å². The van der Waals surface area contributed by atoms with Gasteiger partial charge in [0.15, 0.2) is 0 Å². The Balaban J connectivity index is 1.69. The minimum absolute atomic E-state index is 0.700. The Labute approximate surface area is 133 Å². The van der Waals surface area contributed by atoms with E-state index in [9.17, 15) is 0 Å². The predicted molar refractivity (Wildman–Crippen MR) is 90.0 cm³/mol. The average molecular weight is 304 g/mol. The first-order chi connectivity index (χ1) is 10.7. The lowest BCUT2D eigenvalue weighted by atomic mass is 9.99. The van der Waals surface area contributed by atoms with Gasteiger partial charge in [-0.05, 0) is 74.5 Å². The molecule has 4 nitrogen and oxygen atoms in total. The lowest BCUT2D eigenvalue weighted by Gasteiger charge is -2.30. The summed E-state index contributed by atoms with van der Waals surface area (Å²) >= 11 is 0. The van der Waals surface area contributed by atoms with Crippen LogP contribution in [0.4, 0.5) is 0 Å². The molecule has 1 heterocycles. The number of rotatable bonds is 7. The Morgan fingerprint density at radius 2 is 1.95 bits per heavy atom. The van der Waals surface area contributed by atoms with E-state index in [0.29, 0.717) is 12.1 Å². The number of piperidine rings is 1. The fourth-order valence-electron chi connectivity index (χ4n) is 2.84. The molecule has 0 spiro atoms. The summed E-state index contributed by atoms with van der Waals surface area (Å²) in [5, 5.41) is 12.2. The Bertz CT molecular complexity index is 462. The van der Waals surface area contributed by atoms with Crippen LogP contribution in [0, 0.1) is 5.92 Å². The molecule has 0 aliphatic carbocycles. The molecule has 1 aliphatic rings. The summed E-state index contributed by atoms with van der Waals surface area (Å²) in [6.45, 7) is 8.66. The molecule has 1 N–H and O–H groups in total. The van der Waals surface area contributed by atoms with Crippen molar-refractivity contribution in [3.05, 3.63) is 29.8 Å². The molecule has 1 aromatic carbocycles. The van der Waals surface area contributed by atoms with E-state index < -0.39 is 0 Å². The van der Waals surface area contributed by atoms with Gasteiger partial charge in [-0.15, -0.1) is 0 Å². The fourth-order valence-corrected chi connectivity index (χ4v) is 2.84. The normalized spacial score (nSPS) is 17.6. The van der Waals surface area contributed by atoms with Crippen LogP contribution in [0.2, 0.25) is 0 Å². The maximum atomic E-state index is 8.91. The lowest BCUT2D eigenvalue weighted by molar-refractivity contribution is 0.177. The van der Waals surface area contributed by atoms with E-state index in [4.69, 9.17) is 9.94 Å². The van der Waals surface area contributed by atoms with Gasteiger partial charge in [-0.1, -0.05) is 19.0 Å². The molecular formula is C18H28N2O2. The van der Waals surface area contributed by atoms with E-state index in [1.54, 1.807) is 0 Å². The van der Waals surface area contributed by atoms with Crippen molar-refractivity contribution in [3.63, 3.8) is 0 Å². The summed E-state index contributed by atoms with van der Waals surface area (Å²) in [6, 6.07) is 7.78. The van der Waals surface area contributed by atoms with Crippen LogP contribution in [-0.4, -0.2) is 42.1 Å². The monoisotopic (exact) mass is 304 g/mol. The highest BCUT2D eigenvalue weighted by Crippen LogP contribution is 2.17. The third kappa shape index (κ3) is 5.02. The molecular weight excluding hydrogens is 276 g/mol. The van der Waals surface area contributed by atoms with E-state index in [0.717, 1.165) is 36.8 Å². The average Bonchev–Trinajstić information content (AvgIpc) is 2.56. The van der Waals surface area contributed by atoms with Gasteiger partial charge < -0.3 is 14.8 Å². The smallest absolute Gasteiger partial charge is 0.119 e. The lowest BCUT2D eigenvalue weighted by Crippen LogP contribution is -2.34. The topological polar surface area (TPSA) is 45.1 Å². The van der Waals surface area contributed by atoms with E-state index in [1.165, 1.54) is 25.9 Å². The Morgan fingerprint density at radius 1 is 1.27 bits per heavy atom. The van der Waals surface area contributed by atoms with Gasteiger partial charge in [-0.3, -0.25) is 0 Å². The van der Waals surface area contributed by atoms with Crippen molar-refractivity contribution in [2.24, 2.45) is 11.1 Å². The minimum atomic E-state index is 0.700. The molecule has 0 bridgehead atoms. The SMILES string of the molecule is CCC(=NO)c1ccc(OCCCN2CCC(C)CC2)cc1. The highest BCUT2D eigenvalue weighted by atomic mass is 16.5. The van der Waals surface area contributed by atoms with E-state index >= 15 is 0 Å². The van der Waals surface area contributed by atoms with Crippen LogP contribution in [0.25, 0.3) is 0 Å². The van der Waals surface area contributed by atoms with Crippen LogP contribution >= 0.6 is 0 Å². The zero-order valence-corrected chi connectivity index (χ0v) is 13.8. The van der Waals surface area contributed by atoms with Crippen molar-refractivity contribution >= 4 is 5.71 Å². The third-order valence-corrected chi connectivity index (χ3v) is 4.41. The summed E-state index contributed by atoms with van der Waals surface area (Å²) < 4.78 is 5.79. The molecule has 4 heteroatoms. The summed E-state index contributed by atoms with van der Waals surface area (Å²) in [7, 11) is 0. The van der Waals surface area contributed by atoms with Gasteiger partial charge in [0.25, 0.3) is 0 Å². The zero-order chi connectivity index (χ0) is 15.8. The Morgan fingerprint density at radius 3 is 2.55 bits per heavy atom. The van der Waals surface area contributed by atoms with Crippen LogP contribution in [0.5, 0.6) is 5.75 Å². The van der Waals surface area contributed by atoms with Crippen LogP contribution in [-0.2, 0) is 0 Å². The van der Waals surface area contributed by atoms with Gasteiger partial charge in [0.2, 0.25) is 0 Å². The number of nitrogens with zero attached hydrogens (tertiary/aromatic N) is 2. The second-order valence-corrected chi connectivity index (χ2v) is 6.15. The Hall–Kier alpha value is -1.55. The first-order valence-electron chi connectivity index (χ1n) is 8.39.